The molecule has 2 unspecified atom stereocenters. The Kier molecular flexibility index (Phi) is 5.62. The summed E-state index contributed by atoms with van der Waals surface area (Å²) in [6.07, 6.45) is 3.54. The summed E-state index contributed by atoms with van der Waals surface area (Å²) >= 11 is 0. The van der Waals surface area contributed by atoms with E-state index in [4.69, 9.17) is 4.74 Å². The number of aryl methyl sites for hydroxylation is 1. The lowest BCUT2D eigenvalue weighted by molar-refractivity contribution is -0.118. The van der Waals surface area contributed by atoms with Gasteiger partial charge in [-0.1, -0.05) is 13.8 Å². The Balaban J connectivity index is 1.96. The number of guanidine groups is 1. The van der Waals surface area contributed by atoms with Crippen molar-refractivity contribution in [1.82, 2.24) is 25.4 Å². The van der Waals surface area contributed by atoms with Gasteiger partial charge in [0.1, 0.15) is 5.82 Å². The minimum absolute atomic E-state index is 0.188. The molecule has 0 amide bonds. The summed E-state index contributed by atoms with van der Waals surface area (Å²) in [5.41, 5.74) is 0.188. The third-order valence-corrected chi connectivity index (χ3v) is 5.52. The van der Waals surface area contributed by atoms with Crippen LogP contribution in [0.15, 0.2) is 4.99 Å². The number of nitrogens with one attached hydrogen (secondary N) is 2. The van der Waals surface area contributed by atoms with Crippen LogP contribution in [0.2, 0.25) is 0 Å². The van der Waals surface area contributed by atoms with E-state index in [-0.39, 0.29) is 5.41 Å². The fraction of sp³-hybridized carbons (Fsp3) is 0.812. The molecule has 0 aromatic carbocycles. The molecule has 2 rings (SSSR count). The SMILES string of the molecule is CCC1(CC)C(NC(=NC)NCc2nnc(C)n2C)CC1OC. The maximum Gasteiger partial charge on any atom is 0.191 e. The quantitative estimate of drug-likeness (QED) is 0.611. The molecule has 2 N–H and O–H groups in total. The van der Waals surface area contributed by atoms with E-state index in [1.165, 1.54) is 0 Å². The molecule has 0 saturated heterocycles. The predicted molar refractivity (Wildman–Crippen MR) is 91.3 cm³/mol. The molecule has 1 heterocycles. The maximum absolute atomic E-state index is 5.66. The summed E-state index contributed by atoms with van der Waals surface area (Å²) in [6.45, 7) is 7.02. The Morgan fingerprint density at radius 3 is 2.57 bits per heavy atom. The lowest BCUT2D eigenvalue weighted by atomic mass is 9.58. The van der Waals surface area contributed by atoms with Crippen molar-refractivity contribution < 1.29 is 4.74 Å². The number of aliphatic imine (C=N–C) groups is 1. The highest BCUT2D eigenvalue weighted by molar-refractivity contribution is 5.80. The highest BCUT2D eigenvalue weighted by Gasteiger charge is 2.53. The highest BCUT2D eigenvalue weighted by atomic mass is 16.5. The van der Waals surface area contributed by atoms with Crippen molar-refractivity contribution in [2.75, 3.05) is 14.2 Å². The summed E-state index contributed by atoms with van der Waals surface area (Å²) < 4.78 is 7.63. The van der Waals surface area contributed by atoms with E-state index in [9.17, 15) is 0 Å². The highest BCUT2D eigenvalue weighted by Crippen LogP contribution is 2.48. The molecule has 0 spiro atoms. The smallest absolute Gasteiger partial charge is 0.191 e. The molecule has 130 valence electrons. The van der Waals surface area contributed by atoms with Crippen molar-refractivity contribution in [2.24, 2.45) is 17.5 Å². The predicted octanol–water partition coefficient (Wildman–Crippen LogP) is 1.38. The zero-order valence-corrected chi connectivity index (χ0v) is 15.2. The molecule has 1 fully saturated rings. The Morgan fingerprint density at radius 2 is 2.09 bits per heavy atom. The Bertz CT molecular complexity index is 549. The minimum atomic E-state index is 0.188. The topological polar surface area (TPSA) is 76.4 Å². The van der Waals surface area contributed by atoms with Gasteiger partial charge < -0.3 is 19.9 Å². The van der Waals surface area contributed by atoms with Crippen LogP contribution in [0.3, 0.4) is 0 Å². The van der Waals surface area contributed by atoms with E-state index in [2.05, 4.69) is 39.7 Å². The second kappa shape index (κ2) is 7.29. The second-order valence-electron chi connectivity index (χ2n) is 6.25. The van der Waals surface area contributed by atoms with Crippen LogP contribution >= 0.6 is 0 Å². The van der Waals surface area contributed by atoms with Crippen molar-refractivity contribution in [2.45, 2.75) is 58.7 Å². The van der Waals surface area contributed by atoms with Gasteiger partial charge in [0.05, 0.1) is 12.6 Å². The summed E-state index contributed by atoms with van der Waals surface area (Å²) in [6, 6.07) is 0.384. The number of hydrogen-bond acceptors (Lipinski definition) is 4. The lowest BCUT2D eigenvalue weighted by Crippen LogP contribution is -2.65. The molecule has 0 aliphatic heterocycles. The van der Waals surface area contributed by atoms with Gasteiger partial charge in [-0.15, -0.1) is 10.2 Å². The first kappa shape index (κ1) is 17.7. The number of nitrogens with zero attached hydrogens (tertiary/aromatic N) is 4. The first-order valence-electron chi connectivity index (χ1n) is 8.37. The maximum atomic E-state index is 5.66. The average molecular weight is 322 g/mol. The van der Waals surface area contributed by atoms with Gasteiger partial charge in [-0.3, -0.25) is 4.99 Å². The van der Waals surface area contributed by atoms with E-state index < -0.39 is 0 Å². The van der Waals surface area contributed by atoms with Crippen LogP contribution in [0.1, 0.15) is 44.8 Å². The number of hydrogen-bond donors (Lipinski definition) is 2. The fourth-order valence-corrected chi connectivity index (χ4v) is 3.61. The first-order chi connectivity index (χ1) is 11.0. The van der Waals surface area contributed by atoms with Gasteiger partial charge in [-0.2, -0.15) is 0 Å². The molecule has 2 atom stereocenters. The molecular weight excluding hydrogens is 292 g/mol. The van der Waals surface area contributed by atoms with Crippen molar-refractivity contribution in [1.29, 1.82) is 0 Å². The van der Waals surface area contributed by atoms with Crippen LogP contribution in [0, 0.1) is 12.3 Å². The van der Waals surface area contributed by atoms with Gasteiger partial charge in [0.25, 0.3) is 0 Å². The van der Waals surface area contributed by atoms with Crippen LogP contribution in [0.25, 0.3) is 0 Å². The normalized spacial score (nSPS) is 23.5. The van der Waals surface area contributed by atoms with Crippen molar-refractivity contribution >= 4 is 5.96 Å². The molecule has 1 saturated carbocycles. The van der Waals surface area contributed by atoms with Crippen LogP contribution in [0.4, 0.5) is 0 Å². The summed E-state index contributed by atoms with van der Waals surface area (Å²) in [4.78, 5) is 4.34. The van der Waals surface area contributed by atoms with Gasteiger partial charge >= 0.3 is 0 Å². The van der Waals surface area contributed by atoms with E-state index in [0.717, 1.165) is 36.9 Å². The summed E-state index contributed by atoms with van der Waals surface area (Å²) in [5.74, 6) is 2.60. The number of rotatable bonds is 6. The molecule has 1 aliphatic rings. The molecule has 0 bridgehead atoms. The van der Waals surface area contributed by atoms with Crippen LogP contribution in [0.5, 0.6) is 0 Å². The summed E-state index contributed by atoms with van der Waals surface area (Å²) in [7, 11) is 5.57. The molecule has 1 aliphatic carbocycles. The Morgan fingerprint density at radius 1 is 1.39 bits per heavy atom. The van der Waals surface area contributed by atoms with Gasteiger partial charge in [0.2, 0.25) is 0 Å². The van der Waals surface area contributed by atoms with E-state index >= 15 is 0 Å². The molecule has 7 heteroatoms. The number of methoxy groups -OCH3 is 1. The van der Waals surface area contributed by atoms with Crippen molar-refractivity contribution in [3.63, 3.8) is 0 Å². The third-order valence-electron chi connectivity index (χ3n) is 5.52. The lowest BCUT2D eigenvalue weighted by Gasteiger charge is -2.55. The van der Waals surface area contributed by atoms with Crippen molar-refractivity contribution in [3.8, 4) is 0 Å². The van der Waals surface area contributed by atoms with E-state index in [1.807, 2.05) is 25.6 Å². The second-order valence-corrected chi connectivity index (χ2v) is 6.25. The Hall–Kier alpha value is -1.63. The molecule has 1 aromatic heterocycles. The first-order valence-corrected chi connectivity index (χ1v) is 8.37. The average Bonchev–Trinajstić information content (AvgIpc) is 2.87. The molecule has 1 aromatic rings. The zero-order valence-electron chi connectivity index (χ0n) is 15.2. The zero-order chi connectivity index (χ0) is 17.0. The fourth-order valence-electron chi connectivity index (χ4n) is 3.61. The molecule has 7 nitrogen and oxygen atoms in total. The molecular formula is C16H30N6O. The van der Waals surface area contributed by atoms with E-state index in [0.29, 0.717) is 18.7 Å². The van der Waals surface area contributed by atoms with Crippen LogP contribution in [-0.4, -0.2) is 47.0 Å². The van der Waals surface area contributed by atoms with Crippen LogP contribution in [-0.2, 0) is 18.3 Å². The summed E-state index contributed by atoms with van der Waals surface area (Å²) in [5, 5.41) is 15.1. The third kappa shape index (κ3) is 3.20. The molecule has 0 radical (unpaired) electrons. The van der Waals surface area contributed by atoms with Crippen LogP contribution < -0.4 is 10.6 Å². The monoisotopic (exact) mass is 322 g/mol. The largest absolute Gasteiger partial charge is 0.381 e. The van der Waals surface area contributed by atoms with Gasteiger partial charge in [0, 0.05) is 32.7 Å². The van der Waals surface area contributed by atoms with Crippen molar-refractivity contribution in [3.05, 3.63) is 11.6 Å². The van der Waals surface area contributed by atoms with E-state index in [1.54, 1.807) is 7.05 Å². The van der Waals surface area contributed by atoms with Gasteiger partial charge in [-0.25, -0.2) is 0 Å². The minimum Gasteiger partial charge on any atom is -0.381 e. The molecule has 23 heavy (non-hydrogen) atoms. The number of aromatic nitrogens is 3. The van der Waals surface area contributed by atoms with Gasteiger partial charge in [0.15, 0.2) is 11.8 Å². The standard InChI is InChI=1S/C16H30N6O/c1-7-16(8-2)12(9-13(16)23-6)19-15(17-4)18-10-14-21-20-11(3)22(14)5/h12-13H,7-10H2,1-6H3,(H2,17,18,19). The number of ether oxygens (including phenoxy) is 1. The van der Waals surface area contributed by atoms with Gasteiger partial charge in [-0.05, 0) is 26.2 Å². The Labute approximate surface area is 138 Å².